The largest absolute Gasteiger partial charge is 0.574 e. The first-order valence-electron chi connectivity index (χ1n) is 4.12. The number of ether oxygens (including phenoxy) is 2. The van der Waals surface area contributed by atoms with E-state index in [1.54, 1.807) is 0 Å². The lowest BCUT2D eigenvalue weighted by molar-refractivity contribution is -0.277. The van der Waals surface area contributed by atoms with Gasteiger partial charge in [0, 0.05) is 9.64 Å². The van der Waals surface area contributed by atoms with Crippen LogP contribution in [0.5, 0.6) is 11.6 Å². The highest BCUT2D eigenvalue weighted by molar-refractivity contribution is 14.1. The van der Waals surface area contributed by atoms with Crippen LogP contribution in [0.1, 0.15) is 5.69 Å². The highest BCUT2D eigenvalue weighted by Crippen LogP contribution is 2.38. The molecule has 0 aliphatic rings. The molecular weight excluding hydrogens is 383 g/mol. The highest BCUT2D eigenvalue weighted by atomic mass is 127. The average Bonchev–Trinajstić information content (AvgIpc) is 2.16. The summed E-state index contributed by atoms with van der Waals surface area (Å²) in [5.41, 5.74) is -1.47. The van der Waals surface area contributed by atoms with Crippen LogP contribution < -0.4 is 9.47 Å². The minimum Gasteiger partial charge on any atom is -0.491 e. The van der Waals surface area contributed by atoms with Crippen molar-refractivity contribution in [2.45, 2.75) is 12.5 Å². The van der Waals surface area contributed by atoms with Crippen LogP contribution in [0.4, 0.5) is 26.3 Å². The van der Waals surface area contributed by atoms with E-state index in [1.807, 2.05) is 0 Å². The van der Waals surface area contributed by atoms with Gasteiger partial charge in [0.05, 0.1) is 7.11 Å². The Morgan fingerprint density at radius 3 is 2.11 bits per heavy atom. The van der Waals surface area contributed by atoms with Crippen molar-refractivity contribution in [1.29, 1.82) is 0 Å². The molecular formula is C8H4F6INO2. The van der Waals surface area contributed by atoms with Crippen molar-refractivity contribution in [3.05, 3.63) is 15.3 Å². The molecule has 0 unspecified atom stereocenters. The van der Waals surface area contributed by atoms with Crippen LogP contribution in [0, 0.1) is 3.57 Å². The lowest BCUT2D eigenvalue weighted by Gasteiger charge is -2.15. The smallest absolute Gasteiger partial charge is 0.491 e. The van der Waals surface area contributed by atoms with Crippen molar-refractivity contribution in [3.8, 4) is 11.6 Å². The highest BCUT2D eigenvalue weighted by Gasteiger charge is 2.39. The summed E-state index contributed by atoms with van der Waals surface area (Å²) in [7, 11) is 0.990. The fourth-order valence-electron chi connectivity index (χ4n) is 0.983. The molecule has 0 bridgehead atoms. The van der Waals surface area contributed by atoms with Crippen LogP contribution in [0.15, 0.2) is 6.07 Å². The van der Waals surface area contributed by atoms with E-state index >= 15 is 0 Å². The zero-order valence-corrected chi connectivity index (χ0v) is 10.6. The number of aromatic nitrogens is 1. The summed E-state index contributed by atoms with van der Waals surface area (Å²) in [5.74, 6) is -1.82. The lowest BCUT2D eigenvalue weighted by atomic mass is 10.3. The van der Waals surface area contributed by atoms with Crippen LogP contribution in [-0.2, 0) is 6.18 Å². The van der Waals surface area contributed by atoms with E-state index in [4.69, 9.17) is 0 Å². The second-order valence-electron chi connectivity index (χ2n) is 2.87. The van der Waals surface area contributed by atoms with E-state index < -0.39 is 33.4 Å². The molecule has 1 heterocycles. The maximum Gasteiger partial charge on any atom is 0.574 e. The predicted octanol–water partition coefficient (Wildman–Crippen LogP) is 3.61. The average molecular weight is 387 g/mol. The second-order valence-corrected chi connectivity index (χ2v) is 4.03. The monoisotopic (exact) mass is 387 g/mol. The van der Waals surface area contributed by atoms with Gasteiger partial charge >= 0.3 is 12.5 Å². The fourth-order valence-corrected chi connectivity index (χ4v) is 1.69. The zero-order chi connectivity index (χ0) is 14.1. The molecule has 1 aromatic heterocycles. The Hall–Kier alpha value is -0.940. The van der Waals surface area contributed by atoms with Gasteiger partial charge in [0.2, 0.25) is 0 Å². The maximum atomic E-state index is 12.5. The van der Waals surface area contributed by atoms with Gasteiger partial charge in [-0.15, -0.1) is 13.2 Å². The minimum absolute atomic E-state index is 0.397. The summed E-state index contributed by atoms with van der Waals surface area (Å²) in [6, 6.07) is 0.761. The first kappa shape index (κ1) is 15.1. The minimum atomic E-state index is -5.16. The molecule has 0 aliphatic carbocycles. The Morgan fingerprint density at radius 1 is 1.17 bits per heavy atom. The van der Waals surface area contributed by atoms with Crippen molar-refractivity contribution in [3.63, 3.8) is 0 Å². The molecule has 0 atom stereocenters. The van der Waals surface area contributed by atoms with Gasteiger partial charge in [-0.05, 0) is 22.6 Å². The maximum absolute atomic E-state index is 12.5. The molecule has 0 fully saturated rings. The van der Waals surface area contributed by atoms with E-state index in [0.717, 1.165) is 13.2 Å². The summed E-state index contributed by atoms with van der Waals surface area (Å²) in [5, 5.41) is 0. The van der Waals surface area contributed by atoms with Crippen molar-refractivity contribution >= 4 is 22.6 Å². The first-order chi connectivity index (χ1) is 8.04. The van der Waals surface area contributed by atoms with Gasteiger partial charge in [-0.3, -0.25) is 0 Å². The first-order valence-corrected chi connectivity index (χ1v) is 5.20. The van der Waals surface area contributed by atoms with Gasteiger partial charge in [-0.1, -0.05) is 0 Å². The van der Waals surface area contributed by atoms with E-state index in [1.165, 1.54) is 22.6 Å². The SMILES string of the molecule is COc1cc(I)c(C(F)(F)F)nc1OC(F)(F)F. The third-order valence-corrected chi connectivity index (χ3v) is 2.43. The standard InChI is InChI=1S/C8H4F6INO2/c1-17-4-2-3(15)5(7(9,10)11)16-6(4)18-8(12,13)14/h2H,1H3. The third kappa shape index (κ3) is 3.78. The Balaban J connectivity index is 3.31. The van der Waals surface area contributed by atoms with Gasteiger partial charge in [-0.2, -0.15) is 13.2 Å². The topological polar surface area (TPSA) is 31.4 Å². The van der Waals surface area contributed by atoms with Gasteiger partial charge in [0.1, 0.15) is 0 Å². The number of hydrogen-bond donors (Lipinski definition) is 0. The molecule has 1 rings (SSSR count). The van der Waals surface area contributed by atoms with Crippen LogP contribution >= 0.6 is 22.6 Å². The Labute approximate surface area is 110 Å². The summed E-state index contributed by atoms with van der Waals surface area (Å²) < 4.78 is 80.8. The van der Waals surface area contributed by atoms with Crippen LogP contribution in [0.25, 0.3) is 0 Å². The molecule has 0 aromatic carbocycles. The summed E-state index contributed by atoms with van der Waals surface area (Å²) >= 11 is 1.29. The molecule has 0 N–H and O–H groups in total. The van der Waals surface area contributed by atoms with Crippen molar-refractivity contribution < 1.29 is 35.8 Å². The van der Waals surface area contributed by atoms with E-state index in [2.05, 4.69) is 14.5 Å². The number of nitrogens with zero attached hydrogens (tertiary/aromatic N) is 1. The van der Waals surface area contributed by atoms with Crippen LogP contribution in [-0.4, -0.2) is 18.5 Å². The number of alkyl halides is 6. The summed E-state index contributed by atoms with van der Waals surface area (Å²) in [6.45, 7) is 0. The summed E-state index contributed by atoms with van der Waals surface area (Å²) in [4.78, 5) is 2.80. The molecule has 102 valence electrons. The third-order valence-electron chi connectivity index (χ3n) is 1.61. The Morgan fingerprint density at radius 2 is 1.72 bits per heavy atom. The normalized spacial score (nSPS) is 12.4. The molecule has 3 nitrogen and oxygen atoms in total. The number of halogens is 7. The van der Waals surface area contributed by atoms with Gasteiger partial charge in [-0.25, -0.2) is 4.98 Å². The molecule has 0 amide bonds. The quantitative estimate of drug-likeness (QED) is 0.574. The van der Waals surface area contributed by atoms with Crippen LogP contribution in [0.2, 0.25) is 0 Å². The summed E-state index contributed by atoms with van der Waals surface area (Å²) in [6.07, 6.45) is -10.0. The molecule has 0 saturated heterocycles. The molecule has 0 radical (unpaired) electrons. The number of methoxy groups -OCH3 is 1. The number of hydrogen-bond acceptors (Lipinski definition) is 3. The molecule has 0 saturated carbocycles. The predicted molar refractivity (Wildman–Crippen MR) is 55.2 cm³/mol. The molecule has 0 spiro atoms. The molecule has 1 aromatic rings. The lowest BCUT2D eigenvalue weighted by Crippen LogP contribution is -2.20. The van der Waals surface area contributed by atoms with Gasteiger partial charge in [0.25, 0.3) is 5.88 Å². The van der Waals surface area contributed by atoms with Crippen molar-refractivity contribution in [2.75, 3.05) is 7.11 Å². The molecule has 10 heteroatoms. The van der Waals surface area contributed by atoms with Crippen molar-refractivity contribution in [2.24, 2.45) is 0 Å². The number of rotatable bonds is 2. The van der Waals surface area contributed by atoms with Crippen LogP contribution in [0.3, 0.4) is 0 Å². The van der Waals surface area contributed by atoms with E-state index in [-0.39, 0.29) is 0 Å². The van der Waals surface area contributed by atoms with E-state index in [0.29, 0.717) is 0 Å². The van der Waals surface area contributed by atoms with E-state index in [9.17, 15) is 26.3 Å². The van der Waals surface area contributed by atoms with Gasteiger partial charge in [0.15, 0.2) is 11.4 Å². The second kappa shape index (κ2) is 4.97. The molecule has 0 aliphatic heterocycles. The Bertz CT molecular complexity index is 444. The number of pyridine rings is 1. The zero-order valence-electron chi connectivity index (χ0n) is 8.49. The molecule has 18 heavy (non-hydrogen) atoms. The fraction of sp³-hybridized carbons (Fsp3) is 0.375. The van der Waals surface area contributed by atoms with Crippen molar-refractivity contribution in [1.82, 2.24) is 4.98 Å². The van der Waals surface area contributed by atoms with Gasteiger partial charge < -0.3 is 9.47 Å². The Kier molecular flexibility index (Phi) is 4.18.